The number of hydrogen-bond acceptors (Lipinski definition) is 2. The lowest BCUT2D eigenvalue weighted by atomic mass is 10.1. The largest absolute Gasteiger partial charge is 0.338 e. The molecule has 2 heterocycles. The molecule has 2 rings (SSSR count). The van der Waals surface area contributed by atoms with Gasteiger partial charge in [0.25, 0.3) is 0 Å². The van der Waals surface area contributed by atoms with Crippen LogP contribution < -0.4 is 0 Å². The van der Waals surface area contributed by atoms with E-state index < -0.39 is 6.17 Å². The van der Waals surface area contributed by atoms with Crippen LogP contribution in [0.4, 0.5) is 4.39 Å². The highest BCUT2D eigenvalue weighted by molar-refractivity contribution is 5.73. The summed E-state index contributed by atoms with van der Waals surface area (Å²) in [5, 5.41) is 0. The SMILES string of the molecule is CC(=O)N1C[C@@H](F)[C@H](N2CCC2)C1. The summed E-state index contributed by atoms with van der Waals surface area (Å²) in [5.74, 6) is -0.00864. The van der Waals surface area contributed by atoms with Crippen molar-refractivity contribution in [2.45, 2.75) is 25.6 Å². The van der Waals surface area contributed by atoms with Gasteiger partial charge in [-0.2, -0.15) is 0 Å². The Labute approximate surface area is 77.5 Å². The lowest BCUT2D eigenvalue weighted by Crippen LogP contribution is -2.49. The third-order valence-electron chi connectivity index (χ3n) is 3.02. The highest BCUT2D eigenvalue weighted by atomic mass is 19.1. The van der Waals surface area contributed by atoms with Gasteiger partial charge in [0.05, 0.1) is 12.6 Å². The van der Waals surface area contributed by atoms with Crippen molar-refractivity contribution in [1.82, 2.24) is 9.80 Å². The number of carbonyl (C=O) groups is 1. The standard InChI is InChI=1S/C9H15FN2O/c1-7(13)12-5-8(10)9(6-12)11-3-2-4-11/h8-9H,2-6H2,1H3/t8-,9-/m1/s1. The fourth-order valence-electron chi connectivity index (χ4n) is 2.02. The first-order valence-electron chi connectivity index (χ1n) is 4.82. The first-order chi connectivity index (χ1) is 6.18. The average Bonchev–Trinajstić information content (AvgIpc) is 2.29. The summed E-state index contributed by atoms with van der Waals surface area (Å²) in [7, 11) is 0. The molecule has 0 N–H and O–H groups in total. The fourth-order valence-corrected chi connectivity index (χ4v) is 2.02. The van der Waals surface area contributed by atoms with Crippen molar-refractivity contribution in [2.24, 2.45) is 0 Å². The molecule has 0 aromatic carbocycles. The maximum absolute atomic E-state index is 13.4. The van der Waals surface area contributed by atoms with E-state index in [-0.39, 0.29) is 18.5 Å². The van der Waals surface area contributed by atoms with Gasteiger partial charge in [0.1, 0.15) is 6.17 Å². The molecule has 0 radical (unpaired) electrons. The first kappa shape index (κ1) is 8.94. The van der Waals surface area contributed by atoms with Crippen LogP contribution in [0.15, 0.2) is 0 Å². The van der Waals surface area contributed by atoms with Gasteiger partial charge in [0, 0.05) is 13.5 Å². The maximum atomic E-state index is 13.4. The van der Waals surface area contributed by atoms with Crippen LogP contribution in [0.2, 0.25) is 0 Å². The van der Waals surface area contributed by atoms with Crippen molar-refractivity contribution >= 4 is 5.91 Å². The molecule has 0 bridgehead atoms. The second-order valence-electron chi connectivity index (χ2n) is 3.90. The second-order valence-corrected chi connectivity index (χ2v) is 3.90. The molecule has 74 valence electrons. The zero-order chi connectivity index (χ0) is 9.42. The van der Waals surface area contributed by atoms with Crippen LogP contribution in [0.25, 0.3) is 0 Å². The van der Waals surface area contributed by atoms with Crippen molar-refractivity contribution in [2.75, 3.05) is 26.2 Å². The van der Waals surface area contributed by atoms with Gasteiger partial charge in [-0.3, -0.25) is 9.69 Å². The van der Waals surface area contributed by atoms with Gasteiger partial charge in [-0.15, -0.1) is 0 Å². The fraction of sp³-hybridized carbons (Fsp3) is 0.889. The summed E-state index contributed by atoms with van der Waals surface area (Å²) in [6.45, 7) is 4.37. The van der Waals surface area contributed by atoms with Gasteiger partial charge in [-0.25, -0.2) is 4.39 Å². The lowest BCUT2D eigenvalue weighted by molar-refractivity contribution is -0.128. The Hall–Kier alpha value is -0.640. The number of halogens is 1. The van der Waals surface area contributed by atoms with Gasteiger partial charge in [0.2, 0.25) is 5.91 Å². The Balaban J connectivity index is 1.94. The molecule has 2 aliphatic rings. The summed E-state index contributed by atoms with van der Waals surface area (Å²) in [4.78, 5) is 14.7. The van der Waals surface area contributed by atoms with Gasteiger partial charge in [0.15, 0.2) is 0 Å². The van der Waals surface area contributed by atoms with Crippen molar-refractivity contribution in [3.05, 3.63) is 0 Å². The normalized spacial score (nSPS) is 34.8. The van der Waals surface area contributed by atoms with Crippen LogP contribution in [-0.4, -0.2) is 54.1 Å². The van der Waals surface area contributed by atoms with Crippen molar-refractivity contribution in [1.29, 1.82) is 0 Å². The van der Waals surface area contributed by atoms with Crippen molar-refractivity contribution < 1.29 is 9.18 Å². The zero-order valence-electron chi connectivity index (χ0n) is 7.87. The molecule has 3 nitrogen and oxygen atoms in total. The third-order valence-corrected chi connectivity index (χ3v) is 3.02. The van der Waals surface area contributed by atoms with E-state index in [1.165, 1.54) is 13.3 Å². The number of carbonyl (C=O) groups excluding carboxylic acids is 1. The van der Waals surface area contributed by atoms with E-state index in [2.05, 4.69) is 4.90 Å². The van der Waals surface area contributed by atoms with E-state index in [4.69, 9.17) is 0 Å². The molecule has 0 aliphatic carbocycles. The van der Waals surface area contributed by atoms with Crippen LogP contribution in [0.5, 0.6) is 0 Å². The Bertz CT molecular complexity index is 218. The molecule has 1 amide bonds. The minimum atomic E-state index is -0.843. The van der Waals surface area contributed by atoms with Gasteiger partial charge in [-0.1, -0.05) is 0 Å². The molecule has 0 aromatic rings. The van der Waals surface area contributed by atoms with E-state index in [9.17, 15) is 9.18 Å². The maximum Gasteiger partial charge on any atom is 0.219 e. The van der Waals surface area contributed by atoms with Crippen molar-refractivity contribution in [3.63, 3.8) is 0 Å². The molecule has 2 atom stereocenters. The van der Waals surface area contributed by atoms with Crippen LogP contribution in [0.1, 0.15) is 13.3 Å². The van der Waals surface area contributed by atoms with Crippen LogP contribution >= 0.6 is 0 Å². The number of hydrogen-bond donors (Lipinski definition) is 0. The van der Waals surface area contributed by atoms with Crippen LogP contribution in [0, 0.1) is 0 Å². The predicted octanol–water partition coefficient (Wildman–Crippen LogP) is 0.261. The monoisotopic (exact) mass is 186 g/mol. The molecule has 0 spiro atoms. The molecule has 0 saturated carbocycles. The zero-order valence-corrected chi connectivity index (χ0v) is 7.87. The Morgan fingerprint density at radius 2 is 2.08 bits per heavy atom. The molecule has 4 heteroatoms. The number of amides is 1. The molecular formula is C9H15FN2O. The predicted molar refractivity (Wildman–Crippen MR) is 47.1 cm³/mol. The van der Waals surface area contributed by atoms with Gasteiger partial charge in [-0.05, 0) is 19.5 Å². The van der Waals surface area contributed by atoms with Crippen molar-refractivity contribution in [3.8, 4) is 0 Å². The molecular weight excluding hydrogens is 171 g/mol. The smallest absolute Gasteiger partial charge is 0.219 e. The number of rotatable bonds is 1. The lowest BCUT2D eigenvalue weighted by Gasteiger charge is -2.36. The Kier molecular flexibility index (Phi) is 2.24. The Morgan fingerprint density at radius 1 is 1.38 bits per heavy atom. The molecule has 2 aliphatic heterocycles. The number of alkyl halides is 1. The summed E-state index contributed by atoms with van der Waals surface area (Å²) >= 11 is 0. The summed E-state index contributed by atoms with van der Waals surface area (Å²) < 4.78 is 13.4. The van der Waals surface area contributed by atoms with Crippen LogP contribution in [-0.2, 0) is 4.79 Å². The average molecular weight is 186 g/mol. The van der Waals surface area contributed by atoms with E-state index in [1.807, 2.05) is 0 Å². The first-order valence-corrected chi connectivity index (χ1v) is 4.82. The summed E-state index contributed by atoms with van der Waals surface area (Å²) in [6, 6.07) is -0.0300. The van der Waals surface area contributed by atoms with E-state index in [1.54, 1.807) is 4.90 Å². The molecule has 2 saturated heterocycles. The number of likely N-dealkylation sites (tertiary alicyclic amines) is 2. The topological polar surface area (TPSA) is 23.6 Å². The van der Waals surface area contributed by atoms with Crippen LogP contribution in [0.3, 0.4) is 0 Å². The number of nitrogens with zero attached hydrogens (tertiary/aromatic N) is 2. The highest BCUT2D eigenvalue weighted by Crippen LogP contribution is 2.23. The minimum Gasteiger partial charge on any atom is -0.338 e. The van der Waals surface area contributed by atoms with E-state index >= 15 is 0 Å². The summed E-state index contributed by atoms with van der Waals surface area (Å²) in [6.07, 6.45) is 0.327. The Morgan fingerprint density at radius 3 is 2.46 bits per heavy atom. The van der Waals surface area contributed by atoms with Gasteiger partial charge < -0.3 is 4.90 Å². The third kappa shape index (κ3) is 1.55. The quantitative estimate of drug-likeness (QED) is 0.586. The van der Waals surface area contributed by atoms with E-state index in [0.29, 0.717) is 6.54 Å². The summed E-state index contributed by atoms with van der Waals surface area (Å²) in [5.41, 5.74) is 0. The molecule has 0 unspecified atom stereocenters. The molecule has 0 aromatic heterocycles. The van der Waals surface area contributed by atoms with E-state index in [0.717, 1.165) is 13.1 Å². The second kappa shape index (κ2) is 3.25. The molecule has 2 fully saturated rings. The molecule has 13 heavy (non-hydrogen) atoms. The minimum absolute atomic E-state index is 0.00864. The van der Waals surface area contributed by atoms with Gasteiger partial charge >= 0.3 is 0 Å². The highest BCUT2D eigenvalue weighted by Gasteiger charge is 2.39.